The van der Waals surface area contributed by atoms with Gasteiger partial charge in [0.05, 0.1) is 10.1 Å². The number of aryl methyl sites for hydroxylation is 1. The molecule has 5 nitrogen and oxygen atoms in total. The van der Waals surface area contributed by atoms with E-state index in [4.69, 9.17) is 9.72 Å². The number of ether oxygens (including phenoxy) is 1. The minimum absolute atomic E-state index is 0.101. The van der Waals surface area contributed by atoms with Crippen LogP contribution in [0.4, 0.5) is 0 Å². The van der Waals surface area contributed by atoms with E-state index in [1.54, 1.807) is 11.3 Å². The van der Waals surface area contributed by atoms with E-state index in [1.807, 2.05) is 22.8 Å². The maximum absolute atomic E-state index is 12.9. The molecule has 0 atom stereocenters. The summed E-state index contributed by atoms with van der Waals surface area (Å²) in [4.78, 5) is 20.8. The third-order valence-electron chi connectivity index (χ3n) is 5.00. The first-order chi connectivity index (χ1) is 12.2. The highest BCUT2D eigenvalue weighted by molar-refractivity contribution is 7.25. The fourth-order valence-electron chi connectivity index (χ4n) is 3.55. The largest absolute Gasteiger partial charge is 0.491 e. The van der Waals surface area contributed by atoms with E-state index >= 15 is 0 Å². The van der Waals surface area contributed by atoms with Crippen molar-refractivity contribution in [2.45, 2.75) is 33.2 Å². The predicted octanol–water partition coefficient (Wildman–Crippen LogP) is 3.28. The summed E-state index contributed by atoms with van der Waals surface area (Å²) in [6.45, 7) is 8.72. The van der Waals surface area contributed by atoms with E-state index in [0.717, 1.165) is 70.9 Å². The first kappa shape index (κ1) is 16.5. The monoisotopic (exact) mass is 357 g/mol. The lowest BCUT2D eigenvalue weighted by molar-refractivity contribution is 0.224. The molecule has 0 saturated carbocycles. The van der Waals surface area contributed by atoms with Crippen molar-refractivity contribution >= 4 is 31.6 Å². The van der Waals surface area contributed by atoms with Crippen LogP contribution in [0.25, 0.3) is 20.3 Å². The lowest BCUT2D eigenvalue weighted by Gasteiger charge is -2.18. The highest BCUT2D eigenvalue weighted by atomic mass is 32.1. The van der Waals surface area contributed by atoms with Crippen molar-refractivity contribution in [3.63, 3.8) is 0 Å². The van der Waals surface area contributed by atoms with Crippen molar-refractivity contribution in [1.82, 2.24) is 14.5 Å². The number of thiophene rings is 1. The summed E-state index contributed by atoms with van der Waals surface area (Å²) in [6, 6.07) is 5.97. The summed E-state index contributed by atoms with van der Waals surface area (Å²) in [6.07, 6.45) is 1.91. The molecular weight excluding hydrogens is 334 g/mol. The van der Waals surface area contributed by atoms with Gasteiger partial charge in [-0.05, 0) is 25.6 Å². The van der Waals surface area contributed by atoms with Crippen LogP contribution in [-0.4, -0.2) is 40.7 Å². The van der Waals surface area contributed by atoms with Crippen LogP contribution in [0.3, 0.4) is 0 Å². The Bertz CT molecular complexity index is 972. The SMILES string of the molecule is CCN(CC)CCOc1cccc2c1sc1nc3n(c(=O)c12)CCC3. The van der Waals surface area contributed by atoms with Gasteiger partial charge < -0.3 is 9.64 Å². The molecule has 0 spiro atoms. The maximum Gasteiger partial charge on any atom is 0.262 e. The van der Waals surface area contributed by atoms with Gasteiger partial charge in [0.2, 0.25) is 0 Å². The van der Waals surface area contributed by atoms with Crippen molar-refractivity contribution in [2.75, 3.05) is 26.2 Å². The van der Waals surface area contributed by atoms with Crippen molar-refractivity contribution < 1.29 is 4.74 Å². The molecular formula is C19H23N3O2S. The minimum Gasteiger partial charge on any atom is -0.491 e. The molecule has 3 heterocycles. The molecule has 0 unspecified atom stereocenters. The summed E-state index contributed by atoms with van der Waals surface area (Å²) in [7, 11) is 0. The molecule has 0 bridgehead atoms. The average molecular weight is 357 g/mol. The molecule has 0 N–H and O–H groups in total. The second-order valence-electron chi connectivity index (χ2n) is 6.38. The number of aromatic nitrogens is 2. The summed E-state index contributed by atoms with van der Waals surface area (Å²) < 4.78 is 8.92. The number of likely N-dealkylation sites (N-methyl/N-ethyl adjacent to an activating group) is 1. The number of fused-ring (bicyclic) bond motifs is 4. The van der Waals surface area contributed by atoms with Gasteiger partial charge in [-0.2, -0.15) is 0 Å². The average Bonchev–Trinajstić information content (AvgIpc) is 3.24. The van der Waals surface area contributed by atoms with Gasteiger partial charge in [0.25, 0.3) is 5.56 Å². The van der Waals surface area contributed by atoms with Gasteiger partial charge in [-0.15, -0.1) is 11.3 Å². The minimum atomic E-state index is 0.101. The van der Waals surface area contributed by atoms with E-state index < -0.39 is 0 Å². The molecule has 0 amide bonds. The molecule has 3 aromatic rings. The van der Waals surface area contributed by atoms with Crippen LogP contribution < -0.4 is 10.3 Å². The van der Waals surface area contributed by atoms with Crippen molar-refractivity contribution in [3.05, 3.63) is 34.4 Å². The van der Waals surface area contributed by atoms with Gasteiger partial charge in [-0.1, -0.05) is 26.0 Å². The molecule has 0 radical (unpaired) electrons. The molecule has 132 valence electrons. The third kappa shape index (κ3) is 2.83. The highest BCUT2D eigenvalue weighted by Gasteiger charge is 2.20. The number of hydrogen-bond donors (Lipinski definition) is 0. The Morgan fingerprint density at radius 2 is 2.16 bits per heavy atom. The zero-order valence-electron chi connectivity index (χ0n) is 14.7. The quantitative estimate of drug-likeness (QED) is 0.679. The normalized spacial score (nSPS) is 13.9. The van der Waals surface area contributed by atoms with Crippen LogP contribution in [0.15, 0.2) is 23.0 Å². The smallest absolute Gasteiger partial charge is 0.262 e. The van der Waals surface area contributed by atoms with Gasteiger partial charge in [-0.3, -0.25) is 9.36 Å². The molecule has 0 aliphatic carbocycles. The summed E-state index contributed by atoms with van der Waals surface area (Å²) >= 11 is 1.58. The standard InChI is InChI=1S/C19H23N3O2S/c1-3-21(4-2)11-12-24-14-8-5-7-13-16-18(25-17(13)14)20-15-9-6-10-22(15)19(16)23/h5,7-8H,3-4,6,9-12H2,1-2H3. The van der Waals surface area contributed by atoms with E-state index in [9.17, 15) is 4.79 Å². The molecule has 6 heteroatoms. The fourth-order valence-corrected chi connectivity index (χ4v) is 4.70. The summed E-state index contributed by atoms with van der Waals surface area (Å²) in [5, 5.41) is 1.72. The molecule has 1 aliphatic heterocycles. The molecule has 0 saturated heterocycles. The second kappa shape index (κ2) is 6.77. The topological polar surface area (TPSA) is 47.4 Å². The zero-order chi connectivity index (χ0) is 17.4. The van der Waals surface area contributed by atoms with Crippen molar-refractivity contribution in [1.29, 1.82) is 0 Å². The van der Waals surface area contributed by atoms with Gasteiger partial charge in [0.1, 0.15) is 23.0 Å². The Morgan fingerprint density at radius 1 is 1.32 bits per heavy atom. The Balaban J connectivity index is 1.73. The summed E-state index contributed by atoms with van der Waals surface area (Å²) in [5.74, 6) is 1.78. The van der Waals surface area contributed by atoms with Gasteiger partial charge in [-0.25, -0.2) is 4.98 Å². The first-order valence-electron chi connectivity index (χ1n) is 9.03. The van der Waals surface area contributed by atoms with Crippen molar-refractivity contribution in [3.8, 4) is 5.75 Å². The van der Waals surface area contributed by atoms with Crippen LogP contribution in [0, 0.1) is 0 Å². The molecule has 0 fully saturated rings. The molecule has 25 heavy (non-hydrogen) atoms. The Labute approximate surface area is 150 Å². The number of hydrogen-bond acceptors (Lipinski definition) is 5. The van der Waals surface area contributed by atoms with E-state index in [1.165, 1.54) is 0 Å². The molecule has 1 aliphatic rings. The molecule has 1 aromatic carbocycles. The first-order valence-corrected chi connectivity index (χ1v) is 9.84. The number of benzene rings is 1. The number of rotatable bonds is 6. The fraction of sp³-hybridized carbons (Fsp3) is 0.474. The van der Waals surface area contributed by atoms with Crippen LogP contribution in [0.5, 0.6) is 5.75 Å². The van der Waals surface area contributed by atoms with Crippen LogP contribution in [0.2, 0.25) is 0 Å². The van der Waals surface area contributed by atoms with Crippen molar-refractivity contribution in [2.24, 2.45) is 0 Å². The van der Waals surface area contributed by atoms with Crippen LogP contribution >= 0.6 is 11.3 Å². The third-order valence-corrected chi connectivity index (χ3v) is 6.12. The number of nitrogens with zero attached hydrogens (tertiary/aromatic N) is 3. The van der Waals surface area contributed by atoms with Gasteiger partial charge in [0.15, 0.2) is 0 Å². The van der Waals surface area contributed by atoms with Crippen LogP contribution in [0.1, 0.15) is 26.1 Å². The second-order valence-corrected chi connectivity index (χ2v) is 7.38. The molecule has 4 rings (SSSR count). The lowest BCUT2D eigenvalue weighted by atomic mass is 10.2. The van der Waals surface area contributed by atoms with E-state index in [-0.39, 0.29) is 5.56 Å². The predicted molar refractivity (Wildman–Crippen MR) is 103 cm³/mol. The highest BCUT2D eigenvalue weighted by Crippen LogP contribution is 2.37. The lowest BCUT2D eigenvalue weighted by Crippen LogP contribution is -2.27. The Kier molecular flexibility index (Phi) is 4.48. The van der Waals surface area contributed by atoms with E-state index in [2.05, 4.69) is 18.7 Å². The Morgan fingerprint density at radius 3 is 2.96 bits per heavy atom. The van der Waals surface area contributed by atoms with Crippen LogP contribution in [-0.2, 0) is 13.0 Å². The van der Waals surface area contributed by atoms with E-state index in [0.29, 0.717) is 6.61 Å². The maximum atomic E-state index is 12.9. The Hall–Kier alpha value is -1.92. The zero-order valence-corrected chi connectivity index (χ0v) is 15.6. The van der Waals surface area contributed by atoms with Gasteiger partial charge >= 0.3 is 0 Å². The molecule has 2 aromatic heterocycles. The summed E-state index contributed by atoms with van der Waals surface area (Å²) in [5.41, 5.74) is 0.101. The van der Waals surface area contributed by atoms with Gasteiger partial charge in [0, 0.05) is 24.9 Å².